The van der Waals surface area contributed by atoms with Gasteiger partial charge in [-0.3, -0.25) is 0 Å². The van der Waals surface area contributed by atoms with E-state index in [0.29, 0.717) is 5.56 Å². The number of anilines is 1. The third-order valence-electron chi connectivity index (χ3n) is 3.27. The maximum atomic E-state index is 9.13. The highest BCUT2D eigenvalue weighted by Crippen LogP contribution is 2.29. The smallest absolute Gasteiger partial charge is 0.124 e. The van der Waals surface area contributed by atoms with Crippen LogP contribution in [0.15, 0.2) is 42.5 Å². The molecule has 0 saturated carbocycles. The molecule has 0 saturated heterocycles. The van der Waals surface area contributed by atoms with Crippen molar-refractivity contribution >= 4 is 5.69 Å². The van der Waals surface area contributed by atoms with E-state index in [1.165, 1.54) is 5.56 Å². The van der Waals surface area contributed by atoms with Crippen LogP contribution >= 0.6 is 0 Å². The maximum absolute atomic E-state index is 9.13. The van der Waals surface area contributed by atoms with Gasteiger partial charge >= 0.3 is 0 Å². The van der Waals surface area contributed by atoms with Crippen LogP contribution in [-0.4, -0.2) is 7.11 Å². The van der Waals surface area contributed by atoms with Crippen LogP contribution in [0.25, 0.3) is 0 Å². The van der Waals surface area contributed by atoms with Gasteiger partial charge in [0.15, 0.2) is 0 Å². The first-order valence-electron chi connectivity index (χ1n) is 6.56. The van der Waals surface area contributed by atoms with Crippen molar-refractivity contribution in [2.24, 2.45) is 0 Å². The average Bonchev–Trinajstić information content (AvgIpc) is 2.47. The van der Waals surface area contributed by atoms with E-state index in [1.807, 2.05) is 36.4 Å². The first-order valence-corrected chi connectivity index (χ1v) is 6.56. The normalized spacial score (nSPS) is 11.5. The van der Waals surface area contributed by atoms with Gasteiger partial charge in [0.05, 0.1) is 24.4 Å². The minimum Gasteiger partial charge on any atom is -0.496 e. The third kappa shape index (κ3) is 2.92. The van der Waals surface area contributed by atoms with Gasteiger partial charge in [-0.2, -0.15) is 5.26 Å². The molecule has 2 rings (SSSR count). The summed E-state index contributed by atoms with van der Waals surface area (Å²) in [6.07, 6.45) is 0. The maximum Gasteiger partial charge on any atom is 0.124 e. The van der Waals surface area contributed by atoms with E-state index in [-0.39, 0.29) is 6.04 Å². The van der Waals surface area contributed by atoms with Crippen LogP contribution < -0.4 is 10.1 Å². The minimum atomic E-state index is 0.0550. The molecule has 0 bridgehead atoms. The summed E-state index contributed by atoms with van der Waals surface area (Å²) in [4.78, 5) is 0. The molecule has 20 heavy (non-hydrogen) atoms. The lowest BCUT2D eigenvalue weighted by Crippen LogP contribution is -2.09. The van der Waals surface area contributed by atoms with Crippen molar-refractivity contribution in [1.82, 2.24) is 0 Å². The van der Waals surface area contributed by atoms with E-state index in [9.17, 15) is 0 Å². The molecular formula is C17H18N2O. The van der Waals surface area contributed by atoms with E-state index < -0.39 is 0 Å². The Bertz CT molecular complexity index is 644. The number of benzene rings is 2. The third-order valence-corrected chi connectivity index (χ3v) is 3.27. The zero-order valence-corrected chi connectivity index (χ0v) is 12.0. The number of nitrogens with one attached hydrogen (secondary N) is 1. The van der Waals surface area contributed by atoms with E-state index in [0.717, 1.165) is 17.0 Å². The Morgan fingerprint density at radius 3 is 2.65 bits per heavy atom. The molecule has 0 heterocycles. The number of nitrogens with zero attached hydrogens (tertiary/aromatic N) is 1. The van der Waals surface area contributed by atoms with Gasteiger partial charge in [-0.25, -0.2) is 0 Å². The van der Waals surface area contributed by atoms with E-state index in [1.54, 1.807) is 7.11 Å². The molecule has 0 amide bonds. The Kier molecular flexibility index (Phi) is 4.27. The number of rotatable bonds is 4. The molecule has 2 aromatic carbocycles. The summed E-state index contributed by atoms with van der Waals surface area (Å²) in [7, 11) is 1.67. The van der Waals surface area contributed by atoms with Crippen molar-refractivity contribution in [3.05, 3.63) is 59.2 Å². The Morgan fingerprint density at radius 2 is 1.95 bits per heavy atom. The van der Waals surface area contributed by atoms with Crippen molar-refractivity contribution < 1.29 is 4.74 Å². The van der Waals surface area contributed by atoms with Crippen LogP contribution in [0.2, 0.25) is 0 Å². The first-order chi connectivity index (χ1) is 9.65. The molecule has 0 aromatic heterocycles. The zero-order chi connectivity index (χ0) is 14.5. The van der Waals surface area contributed by atoms with Gasteiger partial charge < -0.3 is 10.1 Å². The van der Waals surface area contributed by atoms with Gasteiger partial charge in [0.25, 0.3) is 0 Å². The molecule has 0 aliphatic carbocycles. The highest BCUT2D eigenvalue weighted by molar-refractivity contribution is 5.58. The van der Waals surface area contributed by atoms with Gasteiger partial charge in [-0.1, -0.05) is 29.8 Å². The number of methoxy groups -OCH3 is 1. The minimum absolute atomic E-state index is 0.0550. The van der Waals surface area contributed by atoms with Crippen LogP contribution in [0.4, 0.5) is 5.69 Å². The zero-order valence-electron chi connectivity index (χ0n) is 12.0. The second kappa shape index (κ2) is 6.12. The highest BCUT2D eigenvalue weighted by Gasteiger charge is 2.13. The van der Waals surface area contributed by atoms with Crippen LogP contribution in [0.5, 0.6) is 5.75 Å². The van der Waals surface area contributed by atoms with Gasteiger partial charge in [0.2, 0.25) is 0 Å². The molecule has 1 atom stereocenters. The van der Waals surface area contributed by atoms with E-state index >= 15 is 0 Å². The summed E-state index contributed by atoms with van der Waals surface area (Å²) < 4.78 is 5.41. The number of ether oxygens (including phenoxy) is 1. The average molecular weight is 266 g/mol. The largest absolute Gasteiger partial charge is 0.496 e. The standard InChI is InChI=1S/C17H18N2O/c1-12-8-9-17(20-3)15(10-12)13(2)19-16-7-5-4-6-14(16)11-18/h4-10,13,19H,1-3H3/t13-/m1/s1. The summed E-state index contributed by atoms with van der Waals surface area (Å²) in [6, 6.07) is 15.9. The Morgan fingerprint density at radius 1 is 1.20 bits per heavy atom. The monoisotopic (exact) mass is 266 g/mol. The Labute approximate surface area is 119 Å². The van der Waals surface area contributed by atoms with Crippen LogP contribution in [-0.2, 0) is 0 Å². The molecule has 3 heteroatoms. The molecule has 3 nitrogen and oxygen atoms in total. The molecule has 0 unspecified atom stereocenters. The Balaban J connectivity index is 2.31. The van der Waals surface area contributed by atoms with Gasteiger partial charge in [0.1, 0.15) is 11.8 Å². The second-order valence-electron chi connectivity index (χ2n) is 4.77. The van der Waals surface area contributed by atoms with Crippen LogP contribution in [0.3, 0.4) is 0 Å². The molecule has 0 fully saturated rings. The fourth-order valence-electron chi connectivity index (χ4n) is 2.21. The summed E-state index contributed by atoms with van der Waals surface area (Å²) in [6.45, 7) is 4.12. The van der Waals surface area contributed by atoms with Crippen molar-refractivity contribution in [3.63, 3.8) is 0 Å². The fourth-order valence-corrected chi connectivity index (χ4v) is 2.21. The first kappa shape index (κ1) is 14.0. The molecule has 102 valence electrons. The highest BCUT2D eigenvalue weighted by atomic mass is 16.5. The van der Waals surface area contributed by atoms with Crippen molar-refractivity contribution in [3.8, 4) is 11.8 Å². The lowest BCUT2D eigenvalue weighted by atomic mass is 10.0. The summed E-state index contributed by atoms with van der Waals surface area (Å²) in [5.41, 5.74) is 3.75. The molecule has 1 N–H and O–H groups in total. The number of hydrogen-bond donors (Lipinski definition) is 1. The van der Waals surface area contributed by atoms with Crippen molar-refractivity contribution in [1.29, 1.82) is 5.26 Å². The second-order valence-corrected chi connectivity index (χ2v) is 4.77. The number of aryl methyl sites for hydroxylation is 1. The van der Waals surface area contributed by atoms with Crippen LogP contribution in [0, 0.1) is 18.3 Å². The number of nitriles is 1. The lowest BCUT2D eigenvalue weighted by molar-refractivity contribution is 0.408. The molecule has 0 aliphatic rings. The predicted molar refractivity (Wildman–Crippen MR) is 80.9 cm³/mol. The van der Waals surface area contributed by atoms with Crippen molar-refractivity contribution in [2.45, 2.75) is 19.9 Å². The molecule has 0 spiro atoms. The lowest BCUT2D eigenvalue weighted by Gasteiger charge is -2.19. The molecule has 2 aromatic rings. The predicted octanol–water partition coefficient (Wildman–Crippen LogP) is 4.05. The van der Waals surface area contributed by atoms with Crippen molar-refractivity contribution in [2.75, 3.05) is 12.4 Å². The summed E-state index contributed by atoms with van der Waals surface area (Å²) >= 11 is 0. The fraction of sp³-hybridized carbons (Fsp3) is 0.235. The SMILES string of the molecule is COc1ccc(C)cc1[C@@H](C)Nc1ccccc1C#N. The van der Waals surface area contributed by atoms with Crippen LogP contribution in [0.1, 0.15) is 29.7 Å². The van der Waals surface area contributed by atoms with E-state index in [2.05, 4.69) is 31.3 Å². The molecule has 0 aliphatic heterocycles. The topological polar surface area (TPSA) is 45.0 Å². The van der Waals surface area contributed by atoms with E-state index in [4.69, 9.17) is 10.00 Å². The number of hydrogen-bond acceptors (Lipinski definition) is 3. The van der Waals surface area contributed by atoms with Gasteiger partial charge in [-0.15, -0.1) is 0 Å². The van der Waals surface area contributed by atoms with Gasteiger partial charge in [-0.05, 0) is 32.0 Å². The molecular weight excluding hydrogens is 248 g/mol. The van der Waals surface area contributed by atoms with Gasteiger partial charge in [0, 0.05) is 5.56 Å². The quantitative estimate of drug-likeness (QED) is 0.908. The summed E-state index contributed by atoms with van der Waals surface area (Å²) in [5, 5.41) is 12.5. The summed E-state index contributed by atoms with van der Waals surface area (Å²) in [5.74, 6) is 0.852. The number of para-hydroxylation sites is 1. The Hall–Kier alpha value is -2.47. The molecule has 0 radical (unpaired) electrons.